The van der Waals surface area contributed by atoms with Crippen molar-refractivity contribution < 1.29 is 42.9 Å². The Morgan fingerprint density at radius 3 is 2.37 bits per heavy atom. The van der Waals surface area contributed by atoms with E-state index in [1.165, 1.54) is 12.7 Å². The molecule has 2 heterocycles. The Hall–Kier alpha value is -2.48. The number of imide groups is 1. The summed E-state index contributed by atoms with van der Waals surface area (Å²) in [6.07, 6.45) is 4.03. The van der Waals surface area contributed by atoms with Gasteiger partial charge in [-0.1, -0.05) is 25.5 Å². The monoisotopic (exact) mass is 625 g/mol. The highest BCUT2D eigenvalue weighted by Crippen LogP contribution is 2.59. The molecule has 2 aliphatic heterocycles. The number of amides is 4. The van der Waals surface area contributed by atoms with E-state index in [0.717, 1.165) is 24.6 Å². The highest BCUT2D eigenvalue weighted by Gasteiger charge is 2.71. The fourth-order valence-corrected chi connectivity index (χ4v) is 6.71. The van der Waals surface area contributed by atoms with Crippen LogP contribution in [0.2, 0.25) is 0 Å². The topological polar surface area (TPSA) is 165 Å². The Balaban J connectivity index is 1.49. The average molecular weight is 626 g/mol. The van der Waals surface area contributed by atoms with Crippen molar-refractivity contribution in [1.29, 1.82) is 0 Å². The largest absolute Gasteiger partial charge is 0.467 e. The number of thioether (sulfide) groups is 1. The van der Waals surface area contributed by atoms with Gasteiger partial charge in [0.15, 0.2) is 0 Å². The first kappa shape index (κ1) is 35.0. The molecule has 0 radical (unpaired) electrons. The third-order valence-corrected chi connectivity index (χ3v) is 9.48. The second kappa shape index (κ2) is 15.0. The molecule has 2 saturated heterocycles. The molecule has 1 unspecified atom stereocenters. The molecule has 3 fully saturated rings. The molecule has 1 saturated carbocycles. The first-order chi connectivity index (χ1) is 20.3. The Morgan fingerprint density at radius 1 is 1.09 bits per heavy atom. The lowest BCUT2D eigenvalue weighted by Crippen LogP contribution is -2.60. The van der Waals surface area contributed by atoms with Gasteiger partial charge in [0.2, 0.25) is 11.8 Å². The summed E-state index contributed by atoms with van der Waals surface area (Å²) in [6.45, 7) is 10.3. The molecule has 43 heavy (non-hydrogen) atoms. The second-order valence-electron chi connectivity index (χ2n) is 12.3. The van der Waals surface area contributed by atoms with Crippen LogP contribution in [0.15, 0.2) is 11.6 Å². The molecule has 242 valence electrons. The van der Waals surface area contributed by atoms with Gasteiger partial charge < -0.3 is 29.6 Å². The van der Waals surface area contributed by atoms with Crippen molar-refractivity contribution in [1.82, 2.24) is 16.0 Å². The number of hydrogen-bond donors (Lipinski definition) is 3. The zero-order valence-corrected chi connectivity index (χ0v) is 27.1. The number of hydrogen-bond acceptors (Lipinski definition) is 10. The Bertz CT molecular complexity index is 1090. The lowest BCUT2D eigenvalue weighted by Gasteiger charge is -2.43. The van der Waals surface area contributed by atoms with Gasteiger partial charge in [0.1, 0.15) is 17.4 Å². The van der Waals surface area contributed by atoms with E-state index in [4.69, 9.17) is 18.9 Å². The van der Waals surface area contributed by atoms with Gasteiger partial charge in [-0.2, -0.15) is 0 Å². The number of esters is 1. The number of Topliss-reactive ketones (excluding diaryl/α,β-unsaturated/α-hetero) is 1. The maximum Gasteiger partial charge on any atom is 0.329 e. The van der Waals surface area contributed by atoms with Crippen LogP contribution >= 0.6 is 11.8 Å². The summed E-state index contributed by atoms with van der Waals surface area (Å²) < 4.78 is 22.8. The number of ether oxygens (including phenoxy) is 4. The van der Waals surface area contributed by atoms with Crippen molar-refractivity contribution >= 4 is 41.4 Å². The number of nitrogens with one attached hydrogen (secondary N) is 3. The van der Waals surface area contributed by atoms with E-state index in [1.807, 2.05) is 0 Å². The van der Waals surface area contributed by atoms with E-state index in [2.05, 4.69) is 42.8 Å². The lowest BCUT2D eigenvalue weighted by atomic mass is 9.67. The maximum atomic E-state index is 12.8. The summed E-state index contributed by atoms with van der Waals surface area (Å²) in [5.41, 5.74) is 0.454. The number of epoxide rings is 2. The van der Waals surface area contributed by atoms with Crippen molar-refractivity contribution in [3.05, 3.63) is 11.6 Å². The summed E-state index contributed by atoms with van der Waals surface area (Å²) >= 11 is 1.07. The van der Waals surface area contributed by atoms with E-state index >= 15 is 0 Å². The normalized spacial score (nSPS) is 29.8. The van der Waals surface area contributed by atoms with Gasteiger partial charge in [0.05, 0.1) is 43.3 Å². The Labute approximate surface area is 258 Å². The van der Waals surface area contributed by atoms with E-state index in [9.17, 15) is 24.0 Å². The number of carbonyl (C=O) groups is 5. The number of allylic oxidation sites excluding steroid dienone is 1. The molecule has 3 N–H and O–H groups in total. The van der Waals surface area contributed by atoms with Gasteiger partial charge in [-0.25, -0.2) is 9.59 Å². The molecule has 3 aliphatic rings. The van der Waals surface area contributed by atoms with E-state index in [1.54, 1.807) is 21.0 Å². The van der Waals surface area contributed by atoms with Gasteiger partial charge in [0.25, 0.3) is 0 Å². The molecule has 7 atom stereocenters. The summed E-state index contributed by atoms with van der Waals surface area (Å²) in [4.78, 5) is 61.5. The third kappa shape index (κ3) is 9.26. The molecule has 0 aromatic carbocycles. The summed E-state index contributed by atoms with van der Waals surface area (Å²) in [5.74, 6) is -2.06. The first-order valence-corrected chi connectivity index (χ1v) is 16.0. The van der Waals surface area contributed by atoms with E-state index < -0.39 is 35.5 Å². The molecular weight excluding hydrogens is 578 g/mol. The molecule has 12 nitrogen and oxygen atoms in total. The Kier molecular flexibility index (Phi) is 12.2. The minimum absolute atomic E-state index is 0.0402. The fraction of sp³-hybridized carbons (Fsp3) is 0.767. The summed E-state index contributed by atoms with van der Waals surface area (Å²) in [6, 6.07) is -1.99. The van der Waals surface area contributed by atoms with Crippen molar-refractivity contribution in [2.24, 2.45) is 11.8 Å². The van der Waals surface area contributed by atoms with E-state index in [0.29, 0.717) is 13.0 Å². The molecular formula is C30H47N3O9S. The highest BCUT2D eigenvalue weighted by molar-refractivity contribution is 8.00. The van der Waals surface area contributed by atoms with Gasteiger partial charge in [-0.3, -0.25) is 19.7 Å². The number of methoxy groups -OCH3 is 2. The molecule has 13 heteroatoms. The molecule has 1 spiro atoms. The van der Waals surface area contributed by atoms with E-state index in [-0.39, 0.29) is 65.8 Å². The third-order valence-electron chi connectivity index (χ3n) is 8.44. The minimum atomic E-state index is -0.997. The quantitative estimate of drug-likeness (QED) is 0.140. The van der Waals surface area contributed by atoms with Crippen LogP contribution in [0.1, 0.15) is 66.7 Å². The number of ketones is 1. The van der Waals surface area contributed by atoms with Crippen molar-refractivity contribution in [2.45, 2.75) is 102 Å². The standard InChI is InChI=1S/C30H47N3O9S/c1-17(2)8-10-22-29(5,42-22)26-25(39-6)19(12-13-30(26)16-41-30)32-28(38)33-24(36)15-43-14-20(27(37)40-7)31-23(35)11-9-21(34)18(3)4/h8,18-20,22,25-26H,9-16H2,1-7H3,(H,31,35)(H2,32,33,36,38)/t19-,20+,22-,25-,26-,29?,30+/m1/s1. The summed E-state index contributed by atoms with van der Waals surface area (Å²) in [5, 5.41) is 7.81. The van der Waals surface area contributed by atoms with Crippen molar-refractivity contribution in [3.8, 4) is 0 Å². The fourth-order valence-electron chi connectivity index (χ4n) is 5.88. The molecule has 0 aromatic rings. The highest BCUT2D eigenvalue weighted by atomic mass is 32.2. The van der Waals surface area contributed by atoms with Crippen molar-refractivity contribution in [3.63, 3.8) is 0 Å². The predicted molar refractivity (Wildman–Crippen MR) is 160 cm³/mol. The zero-order valence-electron chi connectivity index (χ0n) is 26.3. The number of urea groups is 1. The smallest absolute Gasteiger partial charge is 0.329 e. The zero-order chi connectivity index (χ0) is 31.9. The van der Waals surface area contributed by atoms with Crippen molar-refractivity contribution in [2.75, 3.05) is 32.3 Å². The molecule has 0 aromatic heterocycles. The van der Waals surface area contributed by atoms with Crippen LogP contribution < -0.4 is 16.0 Å². The Morgan fingerprint density at radius 2 is 1.79 bits per heavy atom. The number of carbonyl (C=O) groups excluding carboxylic acids is 5. The molecule has 1 aliphatic carbocycles. The lowest BCUT2D eigenvalue weighted by molar-refractivity contribution is -0.144. The van der Waals surface area contributed by atoms with Crippen LogP contribution in [0.4, 0.5) is 4.79 Å². The van der Waals surface area contributed by atoms with Crippen LogP contribution in [0, 0.1) is 11.8 Å². The second-order valence-corrected chi connectivity index (χ2v) is 13.3. The van der Waals surface area contributed by atoms with Gasteiger partial charge in [0, 0.05) is 37.5 Å². The van der Waals surface area contributed by atoms with Gasteiger partial charge in [-0.15, -0.1) is 11.8 Å². The van der Waals surface area contributed by atoms with Crippen LogP contribution in [-0.4, -0.2) is 97.4 Å². The summed E-state index contributed by atoms with van der Waals surface area (Å²) in [7, 11) is 2.81. The maximum absolute atomic E-state index is 12.8. The van der Waals surface area contributed by atoms with Gasteiger partial charge >= 0.3 is 12.0 Å². The van der Waals surface area contributed by atoms with Crippen LogP contribution in [-0.2, 0) is 38.1 Å². The van der Waals surface area contributed by atoms with Gasteiger partial charge in [-0.05, 0) is 40.0 Å². The SMILES string of the molecule is COC(=O)[C@H](CSCC(=O)NC(=O)N[C@@H]1CC[C@]2(CO2)[C@@H](C2(C)O[C@@H]2CC=C(C)C)[C@@H]1OC)NC(=O)CCC(=O)C(C)C. The molecule has 0 bridgehead atoms. The first-order valence-electron chi connectivity index (χ1n) is 14.8. The van der Waals surface area contributed by atoms with Crippen LogP contribution in [0.3, 0.4) is 0 Å². The van der Waals surface area contributed by atoms with Crippen LogP contribution in [0.25, 0.3) is 0 Å². The molecule has 3 rings (SSSR count). The minimum Gasteiger partial charge on any atom is -0.467 e. The predicted octanol–water partition coefficient (Wildman–Crippen LogP) is 2.28. The molecule has 4 amide bonds. The average Bonchev–Trinajstić information content (AvgIpc) is 3.86. The number of rotatable bonds is 15. The van der Waals surface area contributed by atoms with Crippen LogP contribution in [0.5, 0.6) is 0 Å².